The molecule has 1 aliphatic heterocycles. The first-order valence-corrected chi connectivity index (χ1v) is 10.0. The minimum absolute atomic E-state index is 0.00923. The molecule has 0 bridgehead atoms. The van der Waals surface area contributed by atoms with Gasteiger partial charge in [-0.15, -0.1) is 0 Å². The molecule has 1 saturated carbocycles. The van der Waals surface area contributed by atoms with Crippen LogP contribution in [0.2, 0.25) is 0 Å². The zero-order valence-electron chi connectivity index (χ0n) is 15.2. The fourth-order valence-corrected chi connectivity index (χ4v) is 5.30. The lowest BCUT2D eigenvalue weighted by Crippen LogP contribution is -2.28. The topological polar surface area (TPSA) is 104 Å². The highest BCUT2D eigenvalue weighted by Gasteiger charge is 2.45. The number of aliphatic carboxylic acids is 1. The standard InChI is InChI=1S/C18H25IN2O5/c1-18(2,3)6-9-4-10(5-9)15-13(19)14(20-26-15)11-7-21(17(24)25)8-12(11)16(22)23/h9-12H,4-8H2,1-3H3,(H,22,23)(H,24,25)/t9?,10?,11-,12-/m0/s1. The van der Waals surface area contributed by atoms with Gasteiger partial charge in [-0.25, -0.2) is 4.79 Å². The average molecular weight is 476 g/mol. The third-order valence-electron chi connectivity index (χ3n) is 5.45. The molecule has 2 fully saturated rings. The van der Waals surface area contributed by atoms with E-state index in [-0.39, 0.29) is 13.1 Å². The quantitative estimate of drug-likeness (QED) is 0.638. The molecule has 1 saturated heterocycles. The van der Waals surface area contributed by atoms with E-state index in [0.717, 1.165) is 27.1 Å². The Morgan fingerprint density at radius 3 is 2.46 bits per heavy atom. The van der Waals surface area contributed by atoms with Crippen LogP contribution in [0.4, 0.5) is 4.79 Å². The van der Waals surface area contributed by atoms with Crippen LogP contribution in [0.25, 0.3) is 0 Å². The van der Waals surface area contributed by atoms with Crippen LogP contribution in [-0.2, 0) is 4.79 Å². The maximum absolute atomic E-state index is 11.6. The molecule has 0 aromatic carbocycles. The van der Waals surface area contributed by atoms with Gasteiger partial charge >= 0.3 is 12.1 Å². The molecule has 1 amide bonds. The summed E-state index contributed by atoms with van der Waals surface area (Å²) in [5, 5.41) is 22.8. The lowest BCUT2D eigenvalue weighted by Gasteiger charge is -2.37. The van der Waals surface area contributed by atoms with Gasteiger partial charge in [0.1, 0.15) is 5.69 Å². The van der Waals surface area contributed by atoms with E-state index in [0.29, 0.717) is 22.9 Å². The second-order valence-corrected chi connectivity index (χ2v) is 9.86. The van der Waals surface area contributed by atoms with E-state index in [1.165, 1.54) is 6.42 Å². The van der Waals surface area contributed by atoms with Crippen molar-refractivity contribution < 1.29 is 24.3 Å². The SMILES string of the molecule is CC(C)(C)CC1CC(c2onc([C@H]3CN(C(=O)O)C[C@@H]3C(=O)O)c2I)C1. The van der Waals surface area contributed by atoms with Crippen LogP contribution >= 0.6 is 22.6 Å². The molecule has 2 heterocycles. The normalized spacial score (nSPS) is 28.8. The molecule has 7 nitrogen and oxygen atoms in total. The summed E-state index contributed by atoms with van der Waals surface area (Å²) >= 11 is 2.18. The highest BCUT2D eigenvalue weighted by molar-refractivity contribution is 14.1. The van der Waals surface area contributed by atoms with Gasteiger partial charge in [0.25, 0.3) is 0 Å². The zero-order chi connectivity index (χ0) is 19.2. The molecular formula is C18H25IN2O5. The Kier molecular flexibility index (Phi) is 5.24. The van der Waals surface area contributed by atoms with Crippen molar-refractivity contribution in [2.24, 2.45) is 17.3 Å². The van der Waals surface area contributed by atoms with Crippen LogP contribution in [0.15, 0.2) is 4.52 Å². The van der Waals surface area contributed by atoms with Gasteiger partial charge in [0.2, 0.25) is 0 Å². The van der Waals surface area contributed by atoms with Gasteiger partial charge in [-0.1, -0.05) is 25.9 Å². The van der Waals surface area contributed by atoms with Crippen molar-refractivity contribution in [2.45, 2.75) is 51.9 Å². The number of amides is 1. The van der Waals surface area contributed by atoms with Crippen molar-refractivity contribution in [2.75, 3.05) is 13.1 Å². The maximum Gasteiger partial charge on any atom is 0.407 e. The van der Waals surface area contributed by atoms with E-state index in [9.17, 15) is 19.8 Å². The van der Waals surface area contributed by atoms with E-state index >= 15 is 0 Å². The molecule has 1 aliphatic carbocycles. The number of carboxylic acid groups (broad SMARTS) is 2. The predicted octanol–water partition coefficient (Wildman–Crippen LogP) is 3.99. The Balaban J connectivity index is 1.73. The van der Waals surface area contributed by atoms with Crippen LogP contribution in [0.3, 0.4) is 0 Å². The largest absolute Gasteiger partial charge is 0.481 e. The first kappa shape index (κ1) is 19.4. The lowest BCUT2D eigenvalue weighted by molar-refractivity contribution is -0.141. The molecule has 144 valence electrons. The fourth-order valence-electron chi connectivity index (χ4n) is 4.26. The van der Waals surface area contributed by atoms with Gasteiger partial charge in [0.05, 0.1) is 9.49 Å². The van der Waals surface area contributed by atoms with Crippen molar-refractivity contribution in [1.82, 2.24) is 10.1 Å². The minimum atomic E-state index is -1.10. The summed E-state index contributed by atoms with van der Waals surface area (Å²) in [5.41, 5.74) is 0.907. The van der Waals surface area contributed by atoms with Gasteiger partial charge in [-0.2, -0.15) is 0 Å². The fraction of sp³-hybridized carbons (Fsp3) is 0.722. The molecule has 2 aliphatic rings. The molecule has 3 rings (SSSR count). The number of aromatic nitrogens is 1. The Morgan fingerprint density at radius 2 is 1.92 bits per heavy atom. The molecule has 2 atom stereocenters. The Hall–Kier alpha value is -1.32. The summed E-state index contributed by atoms with van der Waals surface area (Å²) in [6, 6.07) is 0. The predicted molar refractivity (Wildman–Crippen MR) is 102 cm³/mol. The van der Waals surface area contributed by atoms with Crippen molar-refractivity contribution in [3.05, 3.63) is 15.0 Å². The zero-order valence-corrected chi connectivity index (χ0v) is 17.4. The summed E-state index contributed by atoms with van der Waals surface area (Å²) in [5.74, 6) is -0.386. The monoisotopic (exact) mass is 476 g/mol. The summed E-state index contributed by atoms with van der Waals surface area (Å²) in [4.78, 5) is 24.0. The molecule has 2 N–H and O–H groups in total. The highest BCUT2D eigenvalue weighted by Crippen LogP contribution is 2.49. The molecule has 0 spiro atoms. The number of carboxylic acids is 1. The molecule has 8 heteroatoms. The van der Waals surface area contributed by atoms with Crippen LogP contribution < -0.4 is 0 Å². The van der Waals surface area contributed by atoms with Crippen molar-refractivity contribution in [3.8, 4) is 0 Å². The smallest absolute Gasteiger partial charge is 0.407 e. The summed E-state index contributed by atoms with van der Waals surface area (Å²) in [6.45, 7) is 6.88. The number of hydrogen-bond acceptors (Lipinski definition) is 4. The number of nitrogens with zero attached hydrogens (tertiary/aromatic N) is 2. The molecular weight excluding hydrogens is 451 g/mol. The van der Waals surface area contributed by atoms with E-state index in [4.69, 9.17) is 4.52 Å². The number of rotatable bonds is 4. The van der Waals surface area contributed by atoms with Crippen LogP contribution in [0, 0.1) is 20.8 Å². The van der Waals surface area contributed by atoms with Gasteiger partial charge < -0.3 is 19.6 Å². The molecule has 0 radical (unpaired) electrons. The van der Waals surface area contributed by atoms with Crippen molar-refractivity contribution in [1.29, 1.82) is 0 Å². The summed E-state index contributed by atoms with van der Waals surface area (Å²) in [6.07, 6.45) is 2.21. The van der Waals surface area contributed by atoms with E-state index in [1.807, 2.05) is 0 Å². The van der Waals surface area contributed by atoms with Gasteiger partial charge in [0, 0.05) is 24.9 Å². The Morgan fingerprint density at radius 1 is 1.27 bits per heavy atom. The van der Waals surface area contributed by atoms with Crippen LogP contribution in [0.1, 0.15) is 63.3 Å². The molecule has 1 aromatic rings. The highest BCUT2D eigenvalue weighted by atomic mass is 127. The maximum atomic E-state index is 11.6. The van der Waals surface area contributed by atoms with Gasteiger partial charge in [0.15, 0.2) is 5.76 Å². The number of likely N-dealkylation sites (tertiary alicyclic amines) is 1. The van der Waals surface area contributed by atoms with Crippen molar-refractivity contribution >= 4 is 34.7 Å². The van der Waals surface area contributed by atoms with Gasteiger partial charge in [-0.3, -0.25) is 4.79 Å². The Labute approximate surface area is 166 Å². The first-order valence-electron chi connectivity index (χ1n) is 8.92. The van der Waals surface area contributed by atoms with Crippen molar-refractivity contribution in [3.63, 3.8) is 0 Å². The molecule has 0 unspecified atom stereocenters. The lowest BCUT2D eigenvalue weighted by atomic mass is 9.67. The Bertz CT molecular complexity index is 705. The third-order valence-corrected chi connectivity index (χ3v) is 6.53. The number of halogens is 1. The first-order chi connectivity index (χ1) is 12.1. The molecule has 26 heavy (non-hydrogen) atoms. The van der Waals surface area contributed by atoms with E-state index in [1.54, 1.807) is 0 Å². The minimum Gasteiger partial charge on any atom is -0.481 e. The summed E-state index contributed by atoms with van der Waals surface area (Å²) < 4.78 is 6.46. The second-order valence-electron chi connectivity index (χ2n) is 8.78. The van der Waals surface area contributed by atoms with Crippen LogP contribution in [0.5, 0.6) is 0 Å². The number of hydrogen-bond donors (Lipinski definition) is 2. The van der Waals surface area contributed by atoms with Gasteiger partial charge in [-0.05, 0) is 53.2 Å². The summed E-state index contributed by atoms with van der Waals surface area (Å²) in [7, 11) is 0. The molecule has 1 aromatic heterocycles. The van der Waals surface area contributed by atoms with Crippen LogP contribution in [-0.4, -0.2) is 45.4 Å². The number of carbonyl (C=O) groups is 2. The van der Waals surface area contributed by atoms with E-state index in [2.05, 4.69) is 48.5 Å². The second kappa shape index (κ2) is 7.01. The van der Waals surface area contributed by atoms with E-state index < -0.39 is 23.9 Å². The third kappa shape index (κ3) is 3.84. The average Bonchev–Trinajstić information content (AvgIpc) is 3.05.